The Morgan fingerprint density at radius 1 is 0.903 bits per heavy atom. The molecule has 0 aliphatic rings. The Balaban J connectivity index is 1.48. The summed E-state index contributed by atoms with van der Waals surface area (Å²) in [5.74, 6) is -1.42. The molecule has 0 atom stereocenters. The summed E-state index contributed by atoms with van der Waals surface area (Å²) in [4.78, 5) is 44.1. The largest absolute Gasteiger partial charge is 0.452 e. The summed E-state index contributed by atoms with van der Waals surface area (Å²) in [6.07, 6.45) is 0. The highest BCUT2D eigenvalue weighted by Crippen LogP contribution is 2.24. The van der Waals surface area contributed by atoms with Crippen LogP contribution in [0.25, 0.3) is 22.4 Å². The summed E-state index contributed by atoms with van der Waals surface area (Å²) in [6, 6.07) is 20.7. The molecule has 0 radical (unpaired) electrons. The predicted octanol–water partition coefficient (Wildman–Crippen LogP) is 3.12. The average Bonchev–Trinajstić information content (AvgIpc) is 3.22. The van der Waals surface area contributed by atoms with Crippen LogP contribution in [0, 0.1) is 0 Å². The van der Waals surface area contributed by atoms with Crippen molar-refractivity contribution in [2.45, 2.75) is 0 Å². The van der Waals surface area contributed by atoms with E-state index >= 15 is 0 Å². The fourth-order valence-corrected chi connectivity index (χ4v) is 3.15. The number of ether oxygens (including phenoxy) is 1. The predicted molar refractivity (Wildman–Crippen MR) is 115 cm³/mol. The standard InChI is InChI=1S/C23H18N4O4/c24-21(29)16-9-3-4-10-17(16)25-20(28)13-31-23(30)15-8-2-1-7-14(15)22-26-18-11-5-6-12-19(18)27-22/h1-12H,13H2,(H2,24,29)(H,25,28)(H,26,27). The maximum Gasteiger partial charge on any atom is 0.339 e. The van der Waals surface area contributed by atoms with Gasteiger partial charge in [-0.2, -0.15) is 0 Å². The Morgan fingerprint density at radius 3 is 2.35 bits per heavy atom. The molecule has 4 rings (SSSR count). The average molecular weight is 414 g/mol. The number of benzene rings is 3. The SMILES string of the molecule is NC(=O)c1ccccc1NC(=O)COC(=O)c1ccccc1-c1nc2ccccc2[nH]1. The van der Waals surface area contributed by atoms with E-state index in [9.17, 15) is 14.4 Å². The molecule has 8 nitrogen and oxygen atoms in total. The number of anilines is 1. The zero-order valence-corrected chi connectivity index (χ0v) is 16.3. The zero-order chi connectivity index (χ0) is 21.8. The van der Waals surface area contributed by atoms with Crippen molar-refractivity contribution in [3.05, 3.63) is 83.9 Å². The van der Waals surface area contributed by atoms with E-state index in [1.165, 1.54) is 12.1 Å². The first-order chi connectivity index (χ1) is 15.0. The number of fused-ring (bicyclic) bond motifs is 1. The molecule has 0 unspecified atom stereocenters. The number of H-pyrrole nitrogens is 1. The summed E-state index contributed by atoms with van der Waals surface area (Å²) >= 11 is 0. The number of hydrogen-bond acceptors (Lipinski definition) is 5. The molecule has 1 aromatic heterocycles. The third-order valence-electron chi connectivity index (χ3n) is 4.59. The summed E-state index contributed by atoms with van der Waals surface area (Å²) in [5, 5.41) is 2.53. The fraction of sp³-hybridized carbons (Fsp3) is 0.0435. The van der Waals surface area contributed by atoms with E-state index in [0.29, 0.717) is 11.4 Å². The van der Waals surface area contributed by atoms with Crippen LogP contribution in [0.2, 0.25) is 0 Å². The highest BCUT2D eigenvalue weighted by Gasteiger charge is 2.18. The van der Waals surface area contributed by atoms with Crippen LogP contribution in [0.4, 0.5) is 5.69 Å². The van der Waals surface area contributed by atoms with Crippen LogP contribution in [0.15, 0.2) is 72.8 Å². The molecule has 0 saturated carbocycles. The van der Waals surface area contributed by atoms with Crippen LogP contribution in [0.5, 0.6) is 0 Å². The van der Waals surface area contributed by atoms with Crippen molar-refractivity contribution in [2.75, 3.05) is 11.9 Å². The van der Waals surface area contributed by atoms with Gasteiger partial charge in [0.05, 0.1) is 27.8 Å². The second kappa shape index (κ2) is 8.50. The van der Waals surface area contributed by atoms with Gasteiger partial charge in [0, 0.05) is 5.56 Å². The van der Waals surface area contributed by atoms with Crippen LogP contribution < -0.4 is 11.1 Å². The summed E-state index contributed by atoms with van der Waals surface area (Å²) in [6.45, 7) is -0.527. The van der Waals surface area contributed by atoms with E-state index in [-0.39, 0.29) is 16.8 Å². The number of esters is 1. The number of carbonyl (C=O) groups excluding carboxylic acids is 3. The van der Waals surface area contributed by atoms with Crippen LogP contribution in [0.1, 0.15) is 20.7 Å². The Morgan fingerprint density at radius 2 is 1.58 bits per heavy atom. The molecule has 8 heteroatoms. The normalized spacial score (nSPS) is 10.6. The number of carbonyl (C=O) groups is 3. The number of rotatable bonds is 6. The lowest BCUT2D eigenvalue weighted by molar-refractivity contribution is -0.119. The first-order valence-electron chi connectivity index (χ1n) is 9.43. The number of nitrogens with two attached hydrogens (primary N) is 1. The van der Waals surface area contributed by atoms with Gasteiger partial charge in [-0.3, -0.25) is 9.59 Å². The smallest absolute Gasteiger partial charge is 0.339 e. The lowest BCUT2D eigenvalue weighted by atomic mass is 10.1. The molecule has 3 aromatic carbocycles. The van der Waals surface area contributed by atoms with Gasteiger partial charge in [-0.15, -0.1) is 0 Å². The highest BCUT2D eigenvalue weighted by atomic mass is 16.5. The van der Waals surface area contributed by atoms with Crippen molar-refractivity contribution in [3.8, 4) is 11.4 Å². The molecular weight excluding hydrogens is 396 g/mol. The minimum absolute atomic E-state index is 0.164. The highest BCUT2D eigenvalue weighted by molar-refractivity contribution is 6.04. The lowest BCUT2D eigenvalue weighted by Gasteiger charge is -2.10. The lowest BCUT2D eigenvalue weighted by Crippen LogP contribution is -2.23. The van der Waals surface area contributed by atoms with Crippen LogP contribution >= 0.6 is 0 Å². The molecule has 2 amide bonds. The van der Waals surface area contributed by atoms with E-state index in [2.05, 4.69) is 15.3 Å². The molecular formula is C23H18N4O4. The van der Waals surface area contributed by atoms with Crippen molar-refractivity contribution in [2.24, 2.45) is 5.73 Å². The Hall–Kier alpha value is -4.46. The molecule has 1 heterocycles. The molecule has 4 N–H and O–H groups in total. The van der Waals surface area contributed by atoms with E-state index in [4.69, 9.17) is 10.5 Å². The maximum absolute atomic E-state index is 12.7. The zero-order valence-electron chi connectivity index (χ0n) is 16.3. The molecule has 154 valence electrons. The molecule has 0 saturated heterocycles. The fourth-order valence-electron chi connectivity index (χ4n) is 3.15. The van der Waals surface area contributed by atoms with Crippen LogP contribution in [-0.2, 0) is 9.53 Å². The van der Waals surface area contributed by atoms with Gasteiger partial charge in [0.25, 0.3) is 11.8 Å². The topological polar surface area (TPSA) is 127 Å². The number of hydrogen-bond donors (Lipinski definition) is 3. The monoisotopic (exact) mass is 414 g/mol. The third kappa shape index (κ3) is 4.27. The van der Waals surface area contributed by atoms with Gasteiger partial charge in [0.15, 0.2) is 6.61 Å². The molecule has 0 aliphatic carbocycles. The second-order valence-electron chi connectivity index (χ2n) is 6.68. The quantitative estimate of drug-likeness (QED) is 0.418. The number of nitrogens with zero attached hydrogens (tertiary/aromatic N) is 1. The summed E-state index contributed by atoms with van der Waals surface area (Å²) < 4.78 is 5.19. The van der Waals surface area contributed by atoms with E-state index in [1.54, 1.807) is 36.4 Å². The van der Waals surface area contributed by atoms with Gasteiger partial charge in [-0.1, -0.05) is 42.5 Å². The van der Waals surface area contributed by atoms with Crippen molar-refractivity contribution in [3.63, 3.8) is 0 Å². The summed E-state index contributed by atoms with van der Waals surface area (Å²) in [7, 11) is 0. The number of imidazole rings is 1. The van der Waals surface area contributed by atoms with Crippen molar-refractivity contribution in [1.82, 2.24) is 9.97 Å². The van der Waals surface area contributed by atoms with E-state index in [0.717, 1.165) is 11.0 Å². The van der Waals surface area contributed by atoms with Gasteiger partial charge in [-0.25, -0.2) is 9.78 Å². The molecule has 4 aromatic rings. The molecule has 31 heavy (non-hydrogen) atoms. The van der Waals surface area contributed by atoms with Crippen molar-refractivity contribution >= 4 is 34.5 Å². The maximum atomic E-state index is 12.7. The number of para-hydroxylation sites is 3. The van der Waals surface area contributed by atoms with Crippen LogP contribution in [0.3, 0.4) is 0 Å². The second-order valence-corrected chi connectivity index (χ2v) is 6.68. The van der Waals surface area contributed by atoms with Crippen molar-refractivity contribution in [1.29, 1.82) is 0 Å². The summed E-state index contributed by atoms with van der Waals surface area (Å²) in [5.41, 5.74) is 8.16. The van der Waals surface area contributed by atoms with Crippen molar-refractivity contribution < 1.29 is 19.1 Å². The van der Waals surface area contributed by atoms with E-state index in [1.807, 2.05) is 24.3 Å². The van der Waals surface area contributed by atoms with Gasteiger partial charge >= 0.3 is 5.97 Å². The molecule has 0 bridgehead atoms. The minimum Gasteiger partial charge on any atom is -0.452 e. The number of nitrogens with one attached hydrogen (secondary N) is 2. The molecule has 0 fully saturated rings. The number of primary amides is 1. The Kier molecular flexibility index (Phi) is 5.44. The Labute approximate surface area is 177 Å². The minimum atomic E-state index is -0.673. The Bertz CT molecular complexity index is 1260. The van der Waals surface area contributed by atoms with Crippen LogP contribution in [-0.4, -0.2) is 34.4 Å². The molecule has 0 aliphatic heterocycles. The number of aromatic nitrogens is 2. The first-order valence-corrected chi connectivity index (χ1v) is 9.43. The number of aromatic amines is 1. The van der Waals surface area contributed by atoms with Gasteiger partial charge in [-0.05, 0) is 30.3 Å². The molecule has 0 spiro atoms. The van der Waals surface area contributed by atoms with Gasteiger partial charge < -0.3 is 20.8 Å². The first kappa shape index (κ1) is 19.8. The number of amides is 2. The van der Waals surface area contributed by atoms with Gasteiger partial charge in [0.1, 0.15) is 5.82 Å². The third-order valence-corrected chi connectivity index (χ3v) is 4.59. The van der Waals surface area contributed by atoms with E-state index < -0.39 is 24.4 Å². The van der Waals surface area contributed by atoms with Gasteiger partial charge in [0.2, 0.25) is 0 Å².